The van der Waals surface area contributed by atoms with Gasteiger partial charge in [-0.25, -0.2) is 0 Å². The van der Waals surface area contributed by atoms with Gasteiger partial charge < -0.3 is 4.74 Å². The number of aliphatic imine (C=N–C) groups is 1. The lowest BCUT2D eigenvalue weighted by atomic mass is 9.44. The molecule has 4 nitrogen and oxygen atoms in total. The lowest BCUT2D eigenvalue weighted by Gasteiger charge is -2.60. The molecule has 0 N–H and O–H groups in total. The number of ether oxygens (including phenoxy) is 1. The van der Waals surface area contributed by atoms with Crippen molar-refractivity contribution in [3.8, 4) is 0 Å². The second-order valence-electron chi connectivity index (χ2n) is 14.1. The molecule has 0 spiro atoms. The van der Waals surface area contributed by atoms with E-state index in [1.54, 1.807) is 0 Å². The maximum Gasteiger partial charge on any atom is 0.302 e. The highest BCUT2D eigenvalue weighted by molar-refractivity contribution is 6.08. The number of rotatable bonds is 4. The summed E-state index contributed by atoms with van der Waals surface area (Å²) in [6.45, 7) is 8.34. The Bertz CT molecular complexity index is 1430. The van der Waals surface area contributed by atoms with Gasteiger partial charge in [0.15, 0.2) is 0 Å². The Morgan fingerprint density at radius 2 is 1.61 bits per heavy atom. The lowest BCUT2D eigenvalue weighted by Crippen LogP contribution is -2.56. The summed E-state index contributed by atoms with van der Waals surface area (Å²) in [4.78, 5) is 31.5. The van der Waals surface area contributed by atoms with E-state index < -0.39 is 5.41 Å². The SMILES string of the molecule is CC(=O)O[C@H]1CC[C@@]2(C)C(=CC[C@@H]3[C@@H]2CC[C@@]2(C)[C@H]3C[C@H]3C(c4ccccc4)=N[C@H](c4ccccc4)[C@@]32C(C)=O)C1. The molecule has 0 saturated heterocycles. The molecule has 0 unspecified atom stereocenters. The van der Waals surface area contributed by atoms with Gasteiger partial charge in [-0.2, -0.15) is 0 Å². The van der Waals surface area contributed by atoms with Crippen LogP contribution in [0, 0.1) is 39.9 Å². The lowest BCUT2D eigenvalue weighted by molar-refractivity contribution is -0.150. The number of hydrogen-bond donors (Lipinski definition) is 0. The molecule has 3 saturated carbocycles. The first-order valence-electron chi connectivity index (χ1n) is 15.8. The van der Waals surface area contributed by atoms with Crippen molar-refractivity contribution in [2.75, 3.05) is 0 Å². The highest BCUT2D eigenvalue weighted by atomic mass is 16.5. The van der Waals surface area contributed by atoms with Gasteiger partial charge in [0, 0.05) is 25.0 Å². The Morgan fingerprint density at radius 1 is 0.902 bits per heavy atom. The van der Waals surface area contributed by atoms with Crippen LogP contribution >= 0.6 is 0 Å². The molecule has 9 atom stereocenters. The van der Waals surface area contributed by atoms with E-state index in [9.17, 15) is 9.59 Å². The van der Waals surface area contributed by atoms with Gasteiger partial charge >= 0.3 is 5.97 Å². The molecule has 0 bridgehead atoms. The molecule has 3 fully saturated rings. The van der Waals surface area contributed by atoms with Crippen LogP contribution in [0.5, 0.6) is 0 Å². The monoisotopic (exact) mass is 549 g/mol. The number of esters is 1. The minimum absolute atomic E-state index is 0.0142. The molecule has 0 aromatic heterocycles. The maximum atomic E-state index is 14.3. The minimum Gasteiger partial charge on any atom is -0.462 e. The van der Waals surface area contributed by atoms with E-state index in [1.807, 2.05) is 6.92 Å². The minimum atomic E-state index is -0.535. The van der Waals surface area contributed by atoms with E-state index in [-0.39, 0.29) is 34.9 Å². The van der Waals surface area contributed by atoms with Gasteiger partial charge in [-0.05, 0) is 85.2 Å². The number of carbonyl (C=O) groups excluding carboxylic acids is 2. The predicted octanol–water partition coefficient (Wildman–Crippen LogP) is 7.93. The Morgan fingerprint density at radius 3 is 2.29 bits per heavy atom. The quantitative estimate of drug-likeness (QED) is 0.287. The normalized spacial score (nSPS) is 40.8. The number of ketones is 1. The van der Waals surface area contributed by atoms with Crippen LogP contribution in [0.4, 0.5) is 0 Å². The summed E-state index contributed by atoms with van der Waals surface area (Å²) in [6.07, 6.45) is 9.73. The Kier molecular flexibility index (Phi) is 6.23. The van der Waals surface area contributed by atoms with Gasteiger partial charge in [0.2, 0.25) is 0 Å². The highest BCUT2D eigenvalue weighted by Gasteiger charge is 2.74. The van der Waals surface area contributed by atoms with Gasteiger partial charge in [0.1, 0.15) is 11.9 Å². The zero-order valence-corrected chi connectivity index (χ0v) is 24.9. The molecule has 0 radical (unpaired) electrons. The van der Waals surface area contributed by atoms with Crippen LogP contribution in [0.3, 0.4) is 0 Å². The van der Waals surface area contributed by atoms with E-state index in [4.69, 9.17) is 9.73 Å². The van der Waals surface area contributed by atoms with Crippen LogP contribution in [0.15, 0.2) is 77.3 Å². The molecule has 2 aromatic rings. The fourth-order valence-electron chi connectivity index (χ4n) is 10.9. The molecular weight excluding hydrogens is 506 g/mol. The first-order chi connectivity index (χ1) is 19.7. The first-order valence-corrected chi connectivity index (χ1v) is 15.8. The van der Waals surface area contributed by atoms with E-state index in [0.717, 1.165) is 50.7 Å². The number of fused-ring (bicyclic) bond motifs is 7. The molecule has 214 valence electrons. The third-order valence-electron chi connectivity index (χ3n) is 12.6. The number of benzene rings is 2. The number of carbonyl (C=O) groups is 2. The van der Waals surface area contributed by atoms with Gasteiger partial charge in [0.05, 0.1) is 11.5 Å². The number of allylic oxidation sites excluding steroid dienone is 1. The second kappa shape index (κ2) is 9.51. The van der Waals surface area contributed by atoms with Gasteiger partial charge in [-0.3, -0.25) is 14.6 Å². The van der Waals surface area contributed by atoms with E-state index in [1.165, 1.54) is 23.6 Å². The molecule has 4 aliphatic carbocycles. The Balaban J connectivity index is 1.32. The molecule has 7 rings (SSSR count). The standard InChI is InChI=1S/C37H43NO3/c1-23(39)37-32(33(25-11-7-5-8-12-25)38-34(37)26-13-9-6-10-14-26)22-31-29-16-15-27-21-28(41-24(2)40)17-19-35(27,3)30(29)18-20-36(31,37)4/h5-15,28-32,34H,16-22H2,1-4H3/t28-,29+,30-,31-,32-,34+,35-,36-,37+/m0/s1. The summed E-state index contributed by atoms with van der Waals surface area (Å²) < 4.78 is 5.67. The fourth-order valence-corrected chi connectivity index (χ4v) is 10.9. The van der Waals surface area contributed by atoms with Gasteiger partial charge in [0.25, 0.3) is 0 Å². The summed E-state index contributed by atoms with van der Waals surface area (Å²) in [5.74, 6) is 1.90. The zero-order valence-electron chi connectivity index (χ0n) is 24.9. The molecular formula is C37H43NO3. The highest BCUT2D eigenvalue weighted by Crippen LogP contribution is 2.76. The zero-order chi connectivity index (χ0) is 28.6. The van der Waals surface area contributed by atoms with Gasteiger partial charge in [-0.15, -0.1) is 0 Å². The van der Waals surface area contributed by atoms with Crippen LogP contribution in [0.2, 0.25) is 0 Å². The van der Waals surface area contributed by atoms with Crippen LogP contribution < -0.4 is 0 Å². The van der Waals surface area contributed by atoms with Crippen molar-refractivity contribution in [3.05, 3.63) is 83.4 Å². The van der Waals surface area contributed by atoms with Crippen molar-refractivity contribution in [3.63, 3.8) is 0 Å². The predicted molar refractivity (Wildman–Crippen MR) is 161 cm³/mol. The third kappa shape index (κ3) is 3.68. The Hall–Kier alpha value is -3.01. The molecule has 0 amide bonds. The summed E-state index contributed by atoms with van der Waals surface area (Å²) >= 11 is 0. The largest absolute Gasteiger partial charge is 0.462 e. The van der Waals surface area contributed by atoms with Crippen molar-refractivity contribution < 1.29 is 14.3 Å². The maximum absolute atomic E-state index is 14.3. The molecule has 5 aliphatic rings. The topological polar surface area (TPSA) is 55.7 Å². The summed E-state index contributed by atoms with van der Waals surface area (Å²) in [7, 11) is 0. The van der Waals surface area contributed by atoms with Crippen molar-refractivity contribution in [2.24, 2.45) is 44.9 Å². The van der Waals surface area contributed by atoms with E-state index in [2.05, 4.69) is 80.6 Å². The smallest absolute Gasteiger partial charge is 0.302 e. The van der Waals surface area contributed by atoms with Crippen LogP contribution in [0.25, 0.3) is 0 Å². The average molecular weight is 550 g/mol. The summed E-state index contributed by atoms with van der Waals surface area (Å²) in [5.41, 5.74) is 4.48. The fraction of sp³-hybridized carbons (Fsp3) is 0.541. The van der Waals surface area contributed by atoms with Crippen LogP contribution in [-0.4, -0.2) is 23.6 Å². The third-order valence-corrected chi connectivity index (χ3v) is 12.6. The van der Waals surface area contributed by atoms with Gasteiger partial charge in [-0.1, -0.05) is 86.2 Å². The van der Waals surface area contributed by atoms with Crippen LogP contribution in [-0.2, 0) is 14.3 Å². The van der Waals surface area contributed by atoms with Crippen molar-refractivity contribution >= 4 is 17.5 Å². The van der Waals surface area contributed by atoms with Crippen molar-refractivity contribution in [1.29, 1.82) is 0 Å². The van der Waals surface area contributed by atoms with E-state index in [0.29, 0.717) is 23.5 Å². The molecule has 41 heavy (non-hydrogen) atoms. The summed E-state index contributed by atoms with van der Waals surface area (Å²) in [5, 5.41) is 0. The molecule has 1 aliphatic heterocycles. The second-order valence-corrected chi connectivity index (χ2v) is 14.1. The molecule has 2 aromatic carbocycles. The summed E-state index contributed by atoms with van der Waals surface area (Å²) in [6, 6.07) is 21.1. The van der Waals surface area contributed by atoms with Crippen molar-refractivity contribution in [2.45, 2.75) is 84.8 Å². The number of Topliss-reactive ketones (excluding diaryl/α,β-unsaturated/α-hetero) is 1. The Labute approximate surface area is 244 Å². The van der Waals surface area contributed by atoms with Crippen molar-refractivity contribution in [1.82, 2.24) is 0 Å². The molecule has 1 heterocycles. The van der Waals surface area contributed by atoms with Crippen LogP contribution in [0.1, 0.15) is 89.8 Å². The molecule has 4 heteroatoms. The van der Waals surface area contributed by atoms with E-state index >= 15 is 0 Å². The number of nitrogens with zero attached hydrogens (tertiary/aromatic N) is 1. The number of hydrogen-bond acceptors (Lipinski definition) is 4. The average Bonchev–Trinajstić information content (AvgIpc) is 3.45. The first kappa shape index (κ1) is 26.9.